The molecule has 0 atom stereocenters. The smallest absolute Gasteiger partial charge is 0.268 e. The molecule has 2 amide bonds. The van der Waals surface area contributed by atoms with Gasteiger partial charge in [-0.3, -0.25) is 9.59 Å². The first-order valence-corrected chi connectivity index (χ1v) is 8.33. The van der Waals surface area contributed by atoms with E-state index in [1.807, 2.05) is 6.92 Å². The summed E-state index contributed by atoms with van der Waals surface area (Å²) >= 11 is 6.21. The Morgan fingerprint density at radius 3 is 2.58 bits per heavy atom. The van der Waals surface area contributed by atoms with Crippen molar-refractivity contribution in [2.75, 3.05) is 0 Å². The van der Waals surface area contributed by atoms with Crippen molar-refractivity contribution >= 4 is 46.2 Å². The standard InChI is InChI=1S/C18H12FNO2S2/c1-11-5-7-13(8-6-11)16(21)20-17(22)15(24-18(20)23)10-12-3-2-4-14(19)9-12/h2-10H,1H3/b15-10+. The van der Waals surface area contributed by atoms with E-state index in [1.54, 1.807) is 36.4 Å². The number of carbonyl (C=O) groups is 2. The van der Waals surface area contributed by atoms with Gasteiger partial charge in [-0.05, 0) is 42.8 Å². The lowest BCUT2D eigenvalue weighted by Gasteiger charge is -2.12. The van der Waals surface area contributed by atoms with Gasteiger partial charge in [-0.15, -0.1) is 0 Å². The largest absolute Gasteiger partial charge is 0.273 e. The zero-order valence-electron chi connectivity index (χ0n) is 12.7. The highest BCUT2D eigenvalue weighted by Gasteiger charge is 2.37. The molecule has 0 bridgehead atoms. The second kappa shape index (κ2) is 6.67. The highest BCUT2D eigenvalue weighted by molar-refractivity contribution is 8.26. The normalized spacial score (nSPS) is 16.1. The molecule has 3 nitrogen and oxygen atoms in total. The van der Waals surface area contributed by atoms with Gasteiger partial charge in [-0.1, -0.05) is 53.8 Å². The van der Waals surface area contributed by atoms with Gasteiger partial charge in [-0.25, -0.2) is 9.29 Å². The summed E-state index contributed by atoms with van der Waals surface area (Å²) in [5.41, 5.74) is 1.95. The molecule has 0 aliphatic carbocycles. The molecule has 120 valence electrons. The number of hydrogen-bond donors (Lipinski definition) is 0. The van der Waals surface area contributed by atoms with Crippen molar-refractivity contribution in [2.24, 2.45) is 0 Å². The Kier molecular flexibility index (Phi) is 4.59. The minimum absolute atomic E-state index is 0.174. The Hall–Kier alpha value is -2.31. The molecule has 0 radical (unpaired) electrons. The van der Waals surface area contributed by atoms with Crippen LogP contribution in [0.2, 0.25) is 0 Å². The van der Waals surface area contributed by atoms with Gasteiger partial charge in [0, 0.05) is 5.56 Å². The maximum absolute atomic E-state index is 13.3. The van der Waals surface area contributed by atoms with E-state index in [9.17, 15) is 14.0 Å². The topological polar surface area (TPSA) is 37.4 Å². The van der Waals surface area contributed by atoms with Crippen LogP contribution in [0.4, 0.5) is 4.39 Å². The number of rotatable bonds is 2. The van der Waals surface area contributed by atoms with Crippen LogP contribution in [0.15, 0.2) is 53.4 Å². The van der Waals surface area contributed by atoms with Crippen LogP contribution in [0.25, 0.3) is 6.08 Å². The van der Waals surface area contributed by atoms with E-state index in [-0.39, 0.29) is 4.32 Å². The summed E-state index contributed by atoms with van der Waals surface area (Å²) in [6.45, 7) is 1.91. The van der Waals surface area contributed by atoms with Crippen molar-refractivity contribution in [1.82, 2.24) is 4.90 Å². The van der Waals surface area contributed by atoms with Gasteiger partial charge in [-0.2, -0.15) is 0 Å². The van der Waals surface area contributed by atoms with Crippen LogP contribution in [0.5, 0.6) is 0 Å². The zero-order valence-corrected chi connectivity index (χ0v) is 14.3. The Balaban J connectivity index is 1.89. The molecule has 0 aromatic heterocycles. The minimum Gasteiger partial charge on any atom is -0.268 e. The van der Waals surface area contributed by atoms with E-state index < -0.39 is 17.6 Å². The highest BCUT2D eigenvalue weighted by Crippen LogP contribution is 2.33. The first kappa shape index (κ1) is 16.5. The van der Waals surface area contributed by atoms with Gasteiger partial charge in [0.05, 0.1) is 4.91 Å². The number of benzene rings is 2. The quantitative estimate of drug-likeness (QED) is 0.459. The number of thioether (sulfide) groups is 1. The van der Waals surface area contributed by atoms with Gasteiger partial charge in [0.15, 0.2) is 4.32 Å². The predicted molar refractivity (Wildman–Crippen MR) is 96.9 cm³/mol. The first-order chi connectivity index (χ1) is 11.5. The number of carbonyl (C=O) groups excluding carboxylic acids is 2. The number of amides is 2. The van der Waals surface area contributed by atoms with Crippen molar-refractivity contribution in [2.45, 2.75) is 6.92 Å². The van der Waals surface area contributed by atoms with Crippen LogP contribution in [0.1, 0.15) is 21.5 Å². The van der Waals surface area contributed by atoms with Crippen LogP contribution in [-0.4, -0.2) is 21.0 Å². The molecule has 1 aliphatic heterocycles. The number of hydrogen-bond acceptors (Lipinski definition) is 4. The van der Waals surface area contributed by atoms with Crippen molar-refractivity contribution in [1.29, 1.82) is 0 Å². The van der Waals surface area contributed by atoms with E-state index in [0.29, 0.717) is 16.0 Å². The molecule has 1 saturated heterocycles. The first-order valence-electron chi connectivity index (χ1n) is 7.10. The van der Waals surface area contributed by atoms with E-state index in [4.69, 9.17) is 12.2 Å². The monoisotopic (exact) mass is 357 g/mol. The van der Waals surface area contributed by atoms with E-state index in [0.717, 1.165) is 22.2 Å². The minimum atomic E-state index is -0.486. The summed E-state index contributed by atoms with van der Waals surface area (Å²) in [5.74, 6) is -1.34. The molecule has 1 aliphatic rings. The molecule has 0 saturated carbocycles. The Bertz CT molecular complexity index is 875. The van der Waals surface area contributed by atoms with E-state index >= 15 is 0 Å². The lowest BCUT2D eigenvalue weighted by atomic mass is 10.1. The third kappa shape index (κ3) is 3.29. The molecule has 0 unspecified atom stereocenters. The maximum Gasteiger partial charge on any atom is 0.273 e. The highest BCUT2D eigenvalue weighted by atomic mass is 32.2. The number of halogens is 1. The molecule has 2 aromatic carbocycles. The molecule has 2 aromatic rings. The van der Waals surface area contributed by atoms with Crippen LogP contribution in [-0.2, 0) is 4.79 Å². The molecule has 24 heavy (non-hydrogen) atoms. The van der Waals surface area contributed by atoms with Gasteiger partial charge in [0.1, 0.15) is 5.82 Å². The van der Waals surface area contributed by atoms with Crippen molar-refractivity contribution < 1.29 is 14.0 Å². The second-order valence-corrected chi connectivity index (χ2v) is 6.92. The molecule has 1 fully saturated rings. The number of nitrogens with zero attached hydrogens (tertiary/aromatic N) is 1. The molecule has 6 heteroatoms. The summed E-state index contributed by atoms with van der Waals surface area (Å²) in [4.78, 5) is 26.3. The van der Waals surface area contributed by atoms with Crippen LogP contribution in [0, 0.1) is 12.7 Å². The summed E-state index contributed by atoms with van der Waals surface area (Å²) in [7, 11) is 0. The van der Waals surface area contributed by atoms with E-state index in [1.165, 1.54) is 18.2 Å². The van der Waals surface area contributed by atoms with Gasteiger partial charge < -0.3 is 0 Å². The van der Waals surface area contributed by atoms with Crippen LogP contribution in [0.3, 0.4) is 0 Å². The summed E-state index contributed by atoms with van der Waals surface area (Å²) in [6, 6.07) is 12.8. The number of aryl methyl sites for hydroxylation is 1. The number of thiocarbonyl (C=S) groups is 1. The van der Waals surface area contributed by atoms with Crippen molar-refractivity contribution in [3.05, 3.63) is 75.9 Å². The average Bonchev–Trinajstić information content (AvgIpc) is 2.81. The Morgan fingerprint density at radius 2 is 1.92 bits per heavy atom. The van der Waals surface area contributed by atoms with E-state index in [2.05, 4.69) is 0 Å². The molecule has 0 spiro atoms. The van der Waals surface area contributed by atoms with Gasteiger partial charge in [0.25, 0.3) is 11.8 Å². The Labute approximate surface area is 148 Å². The lowest BCUT2D eigenvalue weighted by Crippen LogP contribution is -2.34. The predicted octanol–water partition coefficient (Wildman–Crippen LogP) is 4.18. The summed E-state index contributed by atoms with van der Waals surface area (Å²) in [6.07, 6.45) is 1.53. The molecular formula is C18H12FNO2S2. The summed E-state index contributed by atoms with van der Waals surface area (Å²) in [5, 5.41) is 0. The lowest BCUT2D eigenvalue weighted by molar-refractivity contribution is -0.120. The van der Waals surface area contributed by atoms with Crippen LogP contribution < -0.4 is 0 Å². The molecule has 3 rings (SSSR count). The third-order valence-electron chi connectivity index (χ3n) is 3.44. The molecular weight excluding hydrogens is 345 g/mol. The fourth-order valence-corrected chi connectivity index (χ4v) is 3.47. The van der Waals surface area contributed by atoms with Crippen molar-refractivity contribution in [3.63, 3.8) is 0 Å². The third-order valence-corrected chi connectivity index (χ3v) is 4.74. The number of imide groups is 1. The van der Waals surface area contributed by atoms with Gasteiger partial charge in [0.2, 0.25) is 0 Å². The molecule has 1 heterocycles. The van der Waals surface area contributed by atoms with Crippen molar-refractivity contribution in [3.8, 4) is 0 Å². The fourth-order valence-electron chi connectivity index (χ4n) is 2.22. The summed E-state index contributed by atoms with van der Waals surface area (Å²) < 4.78 is 13.4. The maximum atomic E-state index is 13.3. The fraction of sp³-hybridized carbons (Fsp3) is 0.0556. The average molecular weight is 357 g/mol. The zero-order chi connectivity index (χ0) is 17.3. The van der Waals surface area contributed by atoms with Crippen LogP contribution >= 0.6 is 24.0 Å². The molecule has 0 N–H and O–H groups in total. The second-order valence-electron chi connectivity index (χ2n) is 5.24. The SMILES string of the molecule is Cc1ccc(C(=O)N2C(=O)/C(=C\c3cccc(F)c3)SC2=S)cc1. The van der Waals surface area contributed by atoms with Gasteiger partial charge >= 0.3 is 0 Å². The Morgan fingerprint density at radius 1 is 1.21 bits per heavy atom.